The Balaban J connectivity index is 0.00000392. The molecule has 0 aliphatic carbocycles. The molecular weight excluding hydrogens is 472 g/mol. The van der Waals surface area contributed by atoms with Gasteiger partial charge in [0.1, 0.15) is 5.82 Å². The van der Waals surface area contributed by atoms with Crippen LogP contribution >= 0.6 is 24.0 Å². The SMILES string of the molecule is CCNC(=NCCCOCC)NCCN1CCN(c2ccc(F)cc2)CC1.I. The molecule has 28 heavy (non-hydrogen) atoms. The fourth-order valence-corrected chi connectivity index (χ4v) is 3.06. The fraction of sp³-hybridized carbons (Fsp3) is 0.650. The average molecular weight is 507 g/mol. The van der Waals surface area contributed by atoms with Crippen molar-refractivity contribution in [3.05, 3.63) is 30.1 Å². The summed E-state index contributed by atoms with van der Waals surface area (Å²) in [6.45, 7) is 13.1. The second kappa shape index (κ2) is 14.8. The van der Waals surface area contributed by atoms with E-state index in [0.717, 1.165) is 83.6 Å². The van der Waals surface area contributed by atoms with Gasteiger partial charge in [0.25, 0.3) is 0 Å². The zero-order chi connectivity index (χ0) is 19.3. The number of ether oxygens (including phenoxy) is 1. The van der Waals surface area contributed by atoms with Gasteiger partial charge in [-0.15, -0.1) is 24.0 Å². The molecule has 2 N–H and O–H groups in total. The minimum atomic E-state index is -0.181. The van der Waals surface area contributed by atoms with E-state index in [1.54, 1.807) is 0 Å². The molecule has 0 bridgehead atoms. The lowest BCUT2D eigenvalue weighted by atomic mass is 10.2. The third kappa shape index (κ3) is 9.38. The van der Waals surface area contributed by atoms with Crippen molar-refractivity contribution in [2.75, 3.05) is 70.5 Å². The Labute approximate surface area is 185 Å². The van der Waals surface area contributed by atoms with E-state index >= 15 is 0 Å². The highest BCUT2D eigenvalue weighted by atomic mass is 127. The molecule has 0 spiro atoms. The van der Waals surface area contributed by atoms with Crippen molar-refractivity contribution in [2.45, 2.75) is 20.3 Å². The first-order valence-corrected chi connectivity index (χ1v) is 10.1. The summed E-state index contributed by atoms with van der Waals surface area (Å²) in [4.78, 5) is 9.35. The predicted octanol–water partition coefficient (Wildman–Crippen LogP) is 2.55. The van der Waals surface area contributed by atoms with Gasteiger partial charge in [-0.1, -0.05) is 0 Å². The van der Waals surface area contributed by atoms with E-state index in [0.29, 0.717) is 0 Å². The van der Waals surface area contributed by atoms with E-state index in [-0.39, 0.29) is 29.8 Å². The zero-order valence-corrected chi connectivity index (χ0v) is 19.5. The first-order valence-electron chi connectivity index (χ1n) is 10.1. The maximum absolute atomic E-state index is 13.1. The van der Waals surface area contributed by atoms with Gasteiger partial charge in [0, 0.05) is 71.3 Å². The van der Waals surface area contributed by atoms with Gasteiger partial charge in [-0.05, 0) is 44.5 Å². The highest BCUT2D eigenvalue weighted by molar-refractivity contribution is 14.0. The minimum absolute atomic E-state index is 0. The number of aliphatic imine (C=N–C) groups is 1. The predicted molar refractivity (Wildman–Crippen MR) is 126 cm³/mol. The Hall–Kier alpha value is -1.13. The maximum atomic E-state index is 13.1. The van der Waals surface area contributed by atoms with Crippen LogP contribution in [0.2, 0.25) is 0 Å². The summed E-state index contributed by atoms with van der Waals surface area (Å²) in [6, 6.07) is 6.78. The molecule has 1 heterocycles. The Morgan fingerprint density at radius 3 is 2.46 bits per heavy atom. The van der Waals surface area contributed by atoms with E-state index in [1.165, 1.54) is 12.1 Å². The maximum Gasteiger partial charge on any atom is 0.191 e. The molecule has 0 atom stereocenters. The van der Waals surface area contributed by atoms with E-state index in [1.807, 2.05) is 19.1 Å². The Morgan fingerprint density at radius 2 is 1.82 bits per heavy atom. The number of benzene rings is 1. The van der Waals surface area contributed by atoms with Gasteiger partial charge in [-0.2, -0.15) is 0 Å². The summed E-state index contributed by atoms with van der Waals surface area (Å²) in [5.41, 5.74) is 1.10. The molecule has 6 nitrogen and oxygen atoms in total. The molecule has 0 radical (unpaired) electrons. The van der Waals surface area contributed by atoms with Crippen molar-refractivity contribution in [1.82, 2.24) is 15.5 Å². The van der Waals surface area contributed by atoms with Gasteiger partial charge in [0.15, 0.2) is 5.96 Å². The van der Waals surface area contributed by atoms with Gasteiger partial charge >= 0.3 is 0 Å². The van der Waals surface area contributed by atoms with Crippen molar-refractivity contribution in [1.29, 1.82) is 0 Å². The topological polar surface area (TPSA) is 52.1 Å². The second-order valence-corrected chi connectivity index (χ2v) is 6.54. The van der Waals surface area contributed by atoms with Crippen LogP contribution in [0, 0.1) is 5.82 Å². The molecule has 0 amide bonds. The molecule has 1 aliphatic rings. The van der Waals surface area contributed by atoms with Gasteiger partial charge in [0.2, 0.25) is 0 Å². The number of nitrogens with one attached hydrogen (secondary N) is 2. The number of piperazine rings is 1. The van der Waals surface area contributed by atoms with Crippen molar-refractivity contribution in [3.63, 3.8) is 0 Å². The Bertz CT molecular complexity index is 550. The smallest absolute Gasteiger partial charge is 0.191 e. The van der Waals surface area contributed by atoms with Crippen LogP contribution in [0.25, 0.3) is 0 Å². The van der Waals surface area contributed by atoms with E-state index in [4.69, 9.17) is 4.74 Å². The van der Waals surface area contributed by atoms with Gasteiger partial charge in [-0.25, -0.2) is 4.39 Å². The lowest BCUT2D eigenvalue weighted by molar-refractivity contribution is 0.146. The highest BCUT2D eigenvalue weighted by Gasteiger charge is 2.16. The average Bonchev–Trinajstić information content (AvgIpc) is 2.69. The quantitative estimate of drug-likeness (QED) is 0.221. The standard InChI is InChI=1S/C20H34FN5O.HI/c1-3-22-20(23-10-5-17-27-4-2)24-11-12-25-13-15-26(16-14-25)19-8-6-18(21)7-9-19;/h6-9H,3-5,10-17H2,1-2H3,(H2,22,23,24);1H. The third-order valence-corrected chi connectivity index (χ3v) is 4.55. The molecule has 1 aliphatic heterocycles. The molecule has 1 aromatic carbocycles. The number of hydrogen-bond acceptors (Lipinski definition) is 4. The zero-order valence-electron chi connectivity index (χ0n) is 17.1. The summed E-state index contributed by atoms with van der Waals surface area (Å²) in [5, 5.41) is 6.69. The van der Waals surface area contributed by atoms with Crippen LogP contribution in [0.15, 0.2) is 29.3 Å². The first-order chi connectivity index (χ1) is 13.2. The summed E-state index contributed by atoms with van der Waals surface area (Å²) in [7, 11) is 0. The van der Waals surface area contributed by atoms with Crippen molar-refractivity contribution >= 4 is 35.6 Å². The summed E-state index contributed by atoms with van der Waals surface area (Å²) < 4.78 is 18.4. The van der Waals surface area contributed by atoms with Crippen molar-refractivity contribution < 1.29 is 9.13 Å². The summed E-state index contributed by atoms with van der Waals surface area (Å²) in [5.74, 6) is 0.693. The lowest BCUT2D eigenvalue weighted by Crippen LogP contribution is -2.49. The van der Waals surface area contributed by atoms with Crippen LogP contribution < -0.4 is 15.5 Å². The molecule has 1 saturated heterocycles. The minimum Gasteiger partial charge on any atom is -0.382 e. The van der Waals surface area contributed by atoms with Crippen molar-refractivity contribution in [2.24, 2.45) is 4.99 Å². The monoisotopic (exact) mass is 507 g/mol. The lowest BCUT2D eigenvalue weighted by Gasteiger charge is -2.36. The first kappa shape index (κ1) is 24.9. The molecule has 0 unspecified atom stereocenters. The molecular formula is C20H35FIN5O. The van der Waals surface area contributed by atoms with Crippen LogP contribution in [0.4, 0.5) is 10.1 Å². The van der Waals surface area contributed by atoms with Crippen LogP contribution in [-0.2, 0) is 4.74 Å². The summed E-state index contributed by atoms with van der Waals surface area (Å²) >= 11 is 0. The van der Waals surface area contributed by atoms with Gasteiger partial charge in [0.05, 0.1) is 0 Å². The normalized spacial score (nSPS) is 15.2. The molecule has 0 saturated carbocycles. The molecule has 0 aromatic heterocycles. The number of rotatable bonds is 10. The Kier molecular flexibility index (Phi) is 13.2. The number of nitrogens with zero attached hydrogens (tertiary/aromatic N) is 3. The van der Waals surface area contributed by atoms with E-state index < -0.39 is 0 Å². The molecule has 8 heteroatoms. The van der Waals surface area contributed by atoms with Crippen molar-refractivity contribution in [3.8, 4) is 0 Å². The van der Waals surface area contributed by atoms with E-state index in [2.05, 4.69) is 32.3 Å². The number of guanidine groups is 1. The van der Waals surface area contributed by atoms with Crippen LogP contribution in [0.3, 0.4) is 0 Å². The van der Waals surface area contributed by atoms with E-state index in [9.17, 15) is 4.39 Å². The Morgan fingerprint density at radius 1 is 1.11 bits per heavy atom. The molecule has 1 fully saturated rings. The summed E-state index contributed by atoms with van der Waals surface area (Å²) in [6.07, 6.45) is 0.940. The number of anilines is 1. The molecule has 2 rings (SSSR count). The number of halogens is 2. The third-order valence-electron chi connectivity index (χ3n) is 4.55. The fourth-order valence-electron chi connectivity index (χ4n) is 3.06. The van der Waals surface area contributed by atoms with Gasteiger partial charge in [-0.3, -0.25) is 9.89 Å². The molecule has 160 valence electrons. The second-order valence-electron chi connectivity index (χ2n) is 6.54. The number of hydrogen-bond donors (Lipinski definition) is 2. The molecule has 1 aromatic rings. The largest absolute Gasteiger partial charge is 0.382 e. The van der Waals surface area contributed by atoms with Crippen LogP contribution in [0.5, 0.6) is 0 Å². The van der Waals surface area contributed by atoms with Crippen LogP contribution in [0.1, 0.15) is 20.3 Å². The van der Waals surface area contributed by atoms with Crippen LogP contribution in [-0.4, -0.2) is 76.4 Å². The van der Waals surface area contributed by atoms with Gasteiger partial charge < -0.3 is 20.3 Å². The highest BCUT2D eigenvalue weighted by Crippen LogP contribution is 2.16.